The summed E-state index contributed by atoms with van der Waals surface area (Å²) in [7, 11) is -2.88. The Morgan fingerprint density at radius 3 is 2.58 bits per heavy atom. The maximum atomic E-state index is 13.1. The molecule has 24 heavy (non-hydrogen) atoms. The lowest BCUT2D eigenvalue weighted by Crippen LogP contribution is -2.12. The lowest BCUT2D eigenvalue weighted by Gasteiger charge is -2.11. The Labute approximate surface area is 143 Å². The summed E-state index contributed by atoms with van der Waals surface area (Å²) in [6.07, 6.45) is 2.87. The molecule has 0 radical (unpaired) electrons. The predicted octanol–water partition coefficient (Wildman–Crippen LogP) is 2.90. The van der Waals surface area contributed by atoms with E-state index in [9.17, 15) is 13.2 Å². The van der Waals surface area contributed by atoms with E-state index < -0.39 is 15.8 Å². The van der Waals surface area contributed by atoms with Crippen LogP contribution in [0, 0.1) is 0 Å². The number of nitrogens with zero attached hydrogens (tertiary/aromatic N) is 2. The summed E-state index contributed by atoms with van der Waals surface area (Å²) in [6, 6.07) is 8.59. The number of sulfone groups is 1. The zero-order valence-electron chi connectivity index (χ0n) is 12.4. The largest absolute Gasteiger partial charge is 0.465 e. The predicted molar refractivity (Wildman–Crippen MR) is 87.8 cm³/mol. The number of methoxy groups -OCH3 is 1. The van der Waals surface area contributed by atoms with Crippen LogP contribution >= 0.6 is 11.6 Å². The number of rotatable bonds is 3. The lowest BCUT2D eigenvalue weighted by molar-refractivity contribution is 0.0596. The molecule has 6 nitrogen and oxygen atoms in total. The number of fused-ring (bicyclic) bond motifs is 1. The minimum absolute atomic E-state index is 0.0551. The Morgan fingerprint density at radius 1 is 1.08 bits per heavy atom. The van der Waals surface area contributed by atoms with Gasteiger partial charge in [-0.1, -0.05) is 17.7 Å². The van der Waals surface area contributed by atoms with Crippen LogP contribution in [0.1, 0.15) is 10.4 Å². The monoisotopic (exact) mass is 362 g/mol. The first-order valence-corrected chi connectivity index (χ1v) is 8.64. The van der Waals surface area contributed by atoms with Crippen molar-refractivity contribution in [3.63, 3.8) is 0 Å². The summed E-state index contributed by atoms with van der Waals surface area (Å²) in [5.41, 5.74) is 0.554. The second-order valence-corrected chi connectivity index (χ2v) is 7.14. The molecule has 122 valence electrons. The van der Waals surface area contributed by atoms with Gasteiger partial charge in [0.15, 0.2) is 0 Å². The molecule has 0 saturated heterocycles. The smallest absolute Gasteiger partial charge is 0.339 e. The van der Waals surface area contributed by atoms with Gasteiger partial charge in [-0.25, -0.2) is 13.2 Å². The van der Waals surface area contributed by atoms with Crippen LogP contribution in [0.25, 0.3) is 11.0 Å². The van der Waals surface area contributed by atoms with E-state index in [1.807, 2.05) is 0 Å². The summed E-state index contributed by atoms with van der Waals surface area (Å²) in [6.45, 7) is 0. The summed E-state index contributed by atoms with van der Waals surface area (Å²) in [4.78, 5) is 19.8. The standard InChI is InChI=1S/C16H11ClN2O4S/c1-23-16(20)11-6-5-10(17)9-14(11)24(21,22)13-4-2-3-12-15(13)19-8-7-18-12/h2-9H,1H3. The lowest BCUT2D eigenvalue weighted by atomic mass is 10.2. The number of carbonyl (C=O) groups excluding carboxylic acids is 1. The van der Waals surface area contributed by atoms with Crippen molar-refractivity contribution in [1.29, 1.82) is 0 Å². The molecule has 0 amide bonds. The van der Waals surface area contributed by atoms with E-state index in [-0.39, 0.29) is 25.9 Å². The first kappa shape index (κ1) is 16.4. The van der Waals surface area contributed by atoms with Crippen molar-refractivity contribution in [1.82, 2.24) is 9.97 Å². The number of para-hydroxylation sites is 1. The van der Waals surface area contributed by atoms with Crippen molar-refractivity contribution in [2.45, 2.75) is 9.79 Å². The van der Waals surface area contributed by atoms with E-state index in [0.29, 0.717) is 5.52 Å². The number of halogens is 1. The van der Waals surface area contributed by atoms with Gasteiger partial charge in [-0.05, 0) is 30.3 Å². The Kier molecular flexibility index (Phi) is 4.21. The van der Waals surface area contributed by atoms with Gasteiger partial charge in [0.25, 0.3) is 0 Å². The average Bonchev–Trinajstić information content (AvgIpc) is 2.60. The molecule has 0 fully saturated rings. The van der Waals surface area contributed by atoms with Crippen molar-refractivity contribution >= 4 is 38.4 Å². The van der Waals surface area contributed by atoms with Gasteiger partial charge in [-0.2, -0.15) is 0 Å². The zero-order valence-corrected chi connectivity index (χ0v) is 14.0. The van der Waals surface area contributed by atoms with Gasteiger partial charge in [0.1, 0.15) is 5.52 Å². The highest BCUT2D eigenvalue weighted by Crippen LogP contribution is 2.30. The van der Waals surface area contributed by atoms with E-state index in [0.717, 1.165) is 0 Å². The fourth-order valence-corrected chi connectivity index (χ4v) is 4.16. The summed E-state index contributed by atoms with van der Waals surface area (Å²) in [5, 5.41) is 0.188. The zero-order chi connectivity index (χ0) is 17.3. The Balaban J connectivity index is 2.32. The third-order valence-electron chi connectivity index (χ3n) is 3.39. The fraction of sp³-hybridized carbons (Fsp3) is 0.0625. The highest BCUT2D eigenvalue weighted by atomic mass is 35.5. The Morgan fingerprint density at radius 2 is 1.83 bits per heavy atom. The van der Waals surface area contributed by atoms with Gasteiger partial charge >= 0.3 is 5.97 Å². The minimum Gasteiger partial charge on any atom is -0.465 e. The highest BCUT2D eigenvalue weighted by Gasteiger charge is 2.27. The second-order valence-electron chi connectivity index (χ2n) is 4.82. The van der Waals surface area contributed by atoms with Gasteiger partial charge in [-0.3, -0.25) is 9.97 Å². The molecule has 8 heteroatoms. The first-order valence-electron chi connectivity index (χ1n) is 6.78. The number of hydrogen-bond acceptors (Lipinski definition) is 6. The van der Waals surface area contributed by atoms with E-state index >= 15 is 0 Å². The van der Waals surface area contributed by atoms with Gasteiger partial charge in [-0.15, -0.1) is 0 Å². The number of esters is 1. The maximum absolute atomic E-state index is 13.1. The van der Waals surface area contributed by atoms with E-state index in [2.05, 4.69) is 14.7 Å². The molecular weight excluding hydrogens is 352 g/mol. The SMILES string of the molecule is COC(=O)c1ccc(Cl)cc1S(=O)(=O)c1cccc2nccnc12. The van der Waals surface area contributed by atoms with E-state index in [4.69, 9.17) is 11.6 Å². The van der Waals surface area contributed by atoms with Gasteiger partial charge in [0, 0.05) is 17.4 Å². The molecule has 0 N–H and O–H groups in total. The van der Waals surface area contributed by atoms with Crippen LogP contribution in [0.5, 0.6) is 0 Å². The van der Waals surface area contributed by atoms with Crippen LogP contribution in [0.2, 0.25) is 5.02 Å². The molecule has 1 heterocycles. The highest BCUT2D eigenvalue weighted by molar-refractivity contribution is 7.91. The topological polar surface area (TPSA) is 86.2 Å². The summed E-state index contributed by atoms with van der Waals surface area (Å²) in [5.74, 6) is -0.767. The Bertz CT molecular complexity index is 1050. The summed E-state index contributed by atoms with van der Waals surface area (Å²) >= 11 is 5.93. The van der Waals surface area contributed by atoms with Gasteiger partial charge in [0.2, 0.25) is 9.84 Å². The molecule has 0 aliphatic rings. The molecule has 3 rings (SSSR count). The summed E-state index contributed by atoms with van der Waals surface area (Å²) < 4.78 is 30.9. The van der Waals surface area contributed by atoms with Crippen LogP contribution < -0.4 is 0 Å². The van der Waals surface area contributed by atoms with Crippen molar-refractivity contribution in [3.8, 4) is 0 Å². The third kappa shape index (κ3) is 2.72. The van der Waals surface area contributed by atoms with E-state index in [1.165, 1.54) is 43.8 Å². The molecule has 3 aromatic rings. The minimum atomic E-state index is -4.06. The number of benzene rings is 2. The molecule has 2 aromatic carbocycles. The molecule has 0 atom stereocenters. The van der Waals surface area contributed by atoms with Crippen molar-refractivity contribution in [3.05, 3.63) is 59.4 Å². The van der Waals surface area contributed by atoms with Crippen molar-refractivity contribution < 1.29 is 17.9 Å². The van der Waals surface area contributed by atoms with Crippen LogP contribution in [-0.2, 0) is 14.6 Å². The van der Waals surface area contributed by atoms with Crippen LogP contribution in [0.4, 0.5) is 0 Å². The van der Waals surface area contributed by atoms with Crippen LogP contribution in [0.15, 0.2) is 58.6 Å². The second kappa shape index (κ2) is 6.18. The van der Waals surface area contributed by atoms with Crippen LogP contribution in [0.3, 0.4) is 0 Å². The average molecular weight is 363 g/mol. The normalized spacial score (nSPS) is 11.4. The number of aromatic nitrogens is 2. The molecule has 1 aromatic heterocycles. The fourth-order valence-electron chi connectivity index (χ4n) is 2.30. The number of carbonyl (C=O) groups is 1. The molecule has 0 saturated carbocycles. The molecule has 0 unspecified atom stereocenters. The first-order chi connectivity index (χ1) is 11.4. The molecule has 0 bridgehead atoms. The number of ether oxygens (including phenoxy) is 1. The molecule has 0 spiro atoms. The number of hydrogen-bond donors (Lipinski definition) is 0. The third-order valence-corrected chi connectivity index (χ3v) is 5.45. The Hall–Kier alpha value is -2.51. The van der Waals surface area contributed by atoms with Gasteiger partial charge < -0.3 is 4.74 Å². The van der Waals surface area contributed by atoms with Crippen LogP contribution in [-0.4, -0.2) is 31.5 Å². The molecule has 0 aliphatic heterocycles. The van der Waals surface area contributed by atoms with Crippen molar-refractivity contribution in [2.24, 2.45) is 0 Å². The maximum Gasteiger partial charge on any atom is 0.339 e. The quantitative estimate of drug-likeness (QED) is 0.666. The van der Waals surface area contributed by atoms with Gasteiger partial charge in [0.05, 0.1) is 28.0 Å². The molecule has 0 aliphatic carbocycles. The van der Waals surface area contributed by atoms with E-state index in [1.54, 1.807) is 12.1 Å². The molecular formula is C16H11ClN2O4S. The van der Waals surface area contributed by atoms with Crippen molar-refractivity contribution in [2.75, 3.05) is 7.11 Å².